The molecule has 3 fully saturated rings. The van der Waals surface area contributed by atoms with Crippen LogP contribution in [-0.2, 0) is 9.59 Å². The zero-order valence-electron chi connectivity index (χ0n) is 13.1. The molecule has 3 saturated heterocycles. The maximum absolute atomic E-state index is 13.1. The molecule has 5 nitrogen and oxygen atoms in total. The van der Waals surface area contributed by atoms with Gasteiger partial charge in [-0.15, -0.1) is 0 Å². The van der Waals surface area contributed by atoms with Crippen molar-refractivity contribution in [2.75, 3.05) is 13.6 Å². The summed E-state index contributed by atoms with van der Waals surface area (Å²) in [6.07, 6.45) is 2.97. The largest absolute Gasteiger partial charge is 0.292 e. The Labute approximate surface area is 135 Å². The number of fused-ring (bicyclic) bond motifs is 3. The number of carbonyl (C=O) groups is 3. The van der Waals surface area contributed by atoms with Gasteiger partial charge < -0.3 is 0 Å². The van der Waals surface area contributed by atoms with Gasteiger partial charge in [0.05, 0.1) is 17.9 Å². The normalized spacial score (nSPS) is 33.7. The third-order valence-electron chi connectivity index (χ3n) is 5.65. The first-order valence-corrected chi connectivity index (χ1v) is 8.27. The van der Waals surface area contributed by atoms with Crippen LogP contribution in [0.25, 0.3) is 0 Å². The molecular formula is C18H20N2O3. The van der Waals surface area contributed by atoms with Crippen LogP contribution in [0.2, 0.25) is 0 Å². The molecule has 5 heteroatoms. The van der Waals surface area contributed by atoms with Gasteiger partial charge in [-0.2, -0.15) is 0 Å². The molecule has 0 N–H and O–H groups in total. The van der Waals surface area contributed by atoms with Crippen molar-refractivity contribution in [2.45, 2.75) is 31.3 Å². The molecule has 0 saturated carbocycles. The molecular weight excluding hydrogens is 292 g/mol. The molecule has 0 spiro atoms. The van der Waals surface area contributed by atoms with Gasteiger partial charge in [0.15, 0.2) is 5.78 Å². The van der Waals surface area contributed by atoms with Gasteiger partial charge in [-0.3, -0.25) is 24.2 Å². The van der Waals surface area contributed by atoms with Gasteiger partial charge in [-0.25, -0.2) is 0 Å². The van der Waals surface area contributed by atoms with E-state index < -0.39 is 12.0 Å². The highest BCUT2D eigenvalue weighted by Gasteiger charge is 2.62. The molecule has 120 valence electrons. The number of nitrogens with zero attached hydrogens (tertiary/aromatic N) is 2. The molecule has 4 rings (SSSR count). The SMILES string of the molecule is CN1C(=O)[C@@H]2[C@H](C1=O)[C@@H](C(=O)c1ccccc1)N1CCCC[C@H]21. The van der Waals surface area contributed by atoms with Crippen LogP contribution in [0.15, 0.2) is 30.3 Å². The lowest BCUT2D eigenvalue weighted by molar-refractivity contribution is -0.140. The lowest BCUT2D eigenvalue weighted by Crippen LogP contribution is -2.49. The quantitative estimate of drug-likeness (QED) is 0.611. The molecule has 2 amide bonds. The Morgan fingerprint density at radius 3 is 2.48 bits per heavy atom. The average Bonchev–Trinajstić information content (AvgIpc) is 3.04. The van der Waals surface area contributed by atoms with E-state index in [0.717, 1.165) is 25.8 Å². The first-order valence-electron chi connectivity index (χ1n) is 8.27. The fourth-order valence-corrected chi connectivity index (χ4v) is 4.60. The number of ketones is 1. The van der Waals surface area contributed by atoms with Crippen LogP contribution in [0.3, 0.4) is 0 Å². The number of benzene rings is 1. The van der Waals surface area contributed by atoms with E-state index in [0.29, 0.717) is 5.56 Å². The van der Waals surface area contributed by atoms with Crippen molar-refractivity contribution in [3.63, 3.8) is 0 Å². The summed E-state index contributed by atoms with van der Waals surface area (Å²) in [5.41, 5.74) is 0.622. The molecule has 0 aromatic heterocycles. The summed E-state index contributed by atoms with van der Waals surface area (Å²) in [5, 5.41) is 0. The van der Waals surface area contributed by atoms with Gasteiger partial charge in [-0.05, 0) is 19.4 Å². The number of hydrogen-bond acceptors (Lipinski definition) is 4. The second-order valence-corrected chi connectivity index (χ2v) is 6.76. The first kappa shape index (κ1) is 14.6. The van der Waals surface area contributed by atoms with Crippen molar-refractivity contribution in [3.8, 4) is 0 Å². The second kappa shape index (κ2) is 5.27. The Balaban J connectivity index is 1.76. The monoisotopic (exact) mass is 312 g/mol. The Morgan fingerprint density at radius 2 is 1.74 bits per heavy atom. The van der Waals surface area contributed by atoms with Crippen LogP contribution in [0.1, 0.15) is 29.6 Å². The fraction of sp³-hybridized carbons (Fsp3) is 0.500. The Bertz CT molecular complexity index is 672. The second-order valence-electron chi connectivity index (χ2n) is 6.76. The molecule has 23 heavy (non-hydrogen) atoms. The Morgan fingerprint density at radius 1 is 1.04 bits per heavy atom. The van der Waals surface area contributed by atoms with Gasteiger partial charge in [0, 0.05) is 18.7 Å². The lowest BCUT2D eigenvalue weighted by atomic mass is 9.85. The topological polar surface area (TPSA) is 57.7 Å². The Kier molecular flexibility index (Phi) is 3.34. The van der Waals surface area contributed by atoms with E-state index in [9.17, 15) is 14.4 Å². The van der Waals surface area contributed by atoms with Crippen molar-refractivity contribution < 1.29 is 14.4 Å². The smallest absolute Gasteiger partial charge is 0.234 e. The lowest BCUT2D eigenvalue weighted by Gasteiger charge is -2.35. The third-order valence-corrected chi connectivity index (χ3v) is 5.65. The molecule has 4 atom stereocenters. The number of carbonyl (C=O) groups excluding carboxylic acids is 3. The molecule has 0 aliphatic carbocycles. The molecule has 3 aliphatic heterocycles. The van der Waals surface area contributed by atoms with Gasteiger partial charge in [0.25, 0.3) is 0 Å². The van der Waals surface area contributed by atoms with Crippen LogP contribution in [0.5, 0.6) is 0 Å². The van der Waals surface area contributed by atoms with Crippen LogP contribution in [0.4, 0.5) is 0 Å². The van der Waals surface area contributed by atoms with Gasteiger partial charge in [0.1, 0.15) is 0 Å². The predicted octanol–water partition coefficient (Wildman–Crippen LogP) is 1.34. The van der Waals surface area contributed by atoms with Crippen molar-refractivity contribution >= 4 is 17.6 Å². The zero-order chi connectivity index (χ0) is 16.1. The average molecular weight is 312 g/mol. The summed E-state index contributed by atoms with van der Waals surface area (Å²) in [5.74, 6) is -1.18. The van der Waals surface area contributed by atoms with Crippen molar-refractivity contribution in [2.24, 2.45) is 11.8 Å². The summed E-state index contributed by atoms with van der Waals surface area (Å²) >= 11 is 0. The van der Waals surface area contributed by atoms with Gasteiger partial charge >= 0.3 is 0 Å². The first-order chi connectivity index (χ1) is 11.1. The van der Waals surface area contributed by atoms with Crippen molar-refractivity contribution in [3.05, 3.63) is 35.9 Å². The van der Waals surface area contributed by atoms with E-state index in [-0.39, 0.29) is 29.6 Å². The number of rotatable bonds is 2. The number of Topliss-reactive ketones (excluding diaryl/α,β-unsaturated/α-hetero) is 1. The van der Waals surface area contributed by atoms with E-state index in [1.807, 2.05) is 18.2 Å². The molecule has 0 bridgehead atoms. The molecule has 1 aromatic rings. The minimum absolute atomic E-state index is 0.0264. The highest BCUT2D eigenvalue weighted by Crippen LogP contribution is 2.46. The molecule has 0 radical (unpaired) electrons. The predicted molar refractivity (Wildman–Crippen MR) is 83.7 cm³/mol. The minimum atomic E-state index is -0.511. The van der Waals surface area contributed by atoms with Crippen LogP contribution < -0.4 is 0 Å². The molecule has 0 unspecified atom stereocenters. The number of imide groups is 1. The van der Waals surface area contributed by atoms with E-state index in [1.54, 1.807) is 19.2 Å². The van der Waals surface area contributed by atoms with Crippen molar-refractivity contribution in [1.82, 2.24) is 9.80 Å². The summed E-state index contributed by atoms with van der Waals surface area (Å²) in [4.78, 5) is 41.6. The van der Waals surface area contributed by atoms with Gasteiger partial charge in [-0.1, -0.05) is 36.8 Å². The Hall–Kier alpha value is -2.01. The van der Waals surface area contributed by atoms with Crippen molar-refractivity contribution in [1.29, 1.82) is 0 Å². The highest BCUT2D eigenvalue weighted by molar-refractivity contribution is 6.11. The summed E-state index contributed by atoms with van der Waals surface area (Å²) in [6.45, 7) is 0.797. The van der Waals surface area contributed by atoms with E-state index in [2.05, 4.69) is 4.90 Å². The minimum Gasteiger partial charge on any atom is -0.292 e. The molecule has 3 aliphatic rings. The number of amides is 2. The molecule has 1 aromatic carbocycles. The maximum atomic E-state index is 13.1. The van der Waals surface area contributed by atoms with Gasteiger partial charge in [0.2, 0.25) is 11.8 Å². The van der Waals surface area contributed by atoms with E-state index >= 15 is 0 Å². The highest BCUT2D eigenvalue weighted by atomic mass is 16.2. The zero-order valence-corrected chi connectivity index (χ0v) is 13.1. The fourth-order valence-electron chi connectivity index (χ4n) is 4.60. The summed E-state index contributed by atoms with van der Waals surface area (Å²) in [7, 11) is 1.54. The van der Waals surface area contributed by atoms with Crippen LogP contribution in [0, 0.1) is 11.8 Å². The third kappa shape index (κ3) is 1.99. The number of hydrogen-bond donors (Lipinski definition) is 0. The number of likely N-dealkylation sites (tertiary alicyclic amines) is 1. The number of piperidine rings is 1. The van der Waals surface area contributed by atoms with E-state index in [1.165, 1.54) is 4.90 Å². The molecule has 3 heterocycles. The standard InChI is InChI=1S/C18H20N2O3/c1-19-17(22)13-12-9-5-6-10-20(12)15(14(13)18(19)23)16(21)11-7-3-2-4-8-11/h2-4,7-8,12-15H,5-6,9-10H2,1H3/t12-,13+,14+,15+/m1/s1. The summed E-state index contributed by atoms with van der Waals surface area (Å²) in [6, 6.07) is 8.67. The maximum Gasteiger partial charge on any atom is 0.234 e. The van der Waals surface area contributed by atoms with Crippen LogP contribution in [-0.4, -0.2) is 53.1 Å². The van der Waals surface area contributed by atoms with Crippen LogP contribution >= 0.6 is 0 Å². The summed E-state index contributed by atoms with van der Waals surface area (Å²) < 4.78 is 0. The van der Waals surface area contributed by atoms with E-state index in [4.69, 9.17) is 0 Å².